The van der Waals surface area contributed by atoms with E-state index in [-0.39, 0.29) is 10.8 Å². The molecule has 7 rings (SSSR count). The van der Waals surface area contributed by atoms with Gasteiger partial charge in [-0.25, -0.2) is 0 Å². The van der Waals surface area contributed by atoms with Gasteiger partial charge in [0.15, 0.2) is 0 Å². The van der Waals surface area contributed by atoms with E-state index in [0.29, 0.717) is 4.22 Å². The van der Waals surface area contributed by atoms with Gasteiger partial charge in [-0.15, -0.1) is 0 Å². The summed E-state index contributed by atoms with van der Waals surface area (Å²) < 4.78 is 5.14. The van der Waals surface area contributed by atoms with Crippen molar-refractivity contribution in [3.63, 3.8) is 0 Å². The average molecular weight is 695 g/mol. The summed E-state index contributed by atoms with van der Waals surface area (Å²) in [5.41, 5.74) is 17.1. The first-order chi connectivity index (χ1) is 23.9. The van der Waals surface area contributed by atoms with Gasteiger partial charge in [0.2, 0.25) is 0 Å². The summed E-state index contributed by atoms with van der Waals surface area (Å²) in [4.78, 5) is 0. The van der Waals surface area contributed by atoms with Gasteiger partial charge in [0.1, 0.15) is 0 Å². The summed E-state index contributed by atoms with van der Waals surface area (Å²) in [7, 11) is 0. The van der Waals surface area contributed by atoms with E-state index in [1.807, 2.05) is 3.87 Å². The molecular formula is C49H58Ti. The molecule has 0 spiro atoms. The fourth-order valence-corrected chi connectivity index (χ4v) is 21.0. The van der Waals surface area contributed by atoms with Crippen molar-refractivity contribution >= 4 is 20.7 Å². The summed E-state index contributed by atoms with van der Waals surface area (Å²) in [6.07, 6.45) is 8.80. The fourth-order valence-electron chi connectivity index (χ4n) is 9.70. The first-order valence-electron chi connectivity index (χ1n) is 19.5. The van der Waals surface area contributed by atoms with E-state index in [1.165, 1.54) is 84.9 Å². The number of unbranched alkanes of at least 4 members (excludes halogenated alkanes) is 2. The first kappa shape index (κ1) is 35.2. The Labute approximate surface area is 306 Å². The molecule has 0 aromatic heterocycles. The zero-order chi connectivity index (χ0) is 35.4. The van der Waals surface area contributed by atoms with Crippen LogP contribution < -0.4 is 3.87 Å². The minimum absolute atomic E-state index is 0.0683. The first-order valence-corrected chi connectivity index (χ1v) is 23.4. The van der Waals surface area contributed by atoms with Gasteiger partial charge in [-0.3, -0.25) is 0 Å². The second-order valence-corrected chi connectivity index (χ2v) is 24.4. The molecule has 1 unspecified atom stereocenters. The summed E-state index contributed by atoms with van der Waals surface area (Å²) in [5.74, 6) is 0. The SMILES string of the molecule is CCC[CH2][Ti]([CH2]CCC)([c]1c(C(C)(C)C)ccc2c1Cc1ccc(C(C)(C)C)cc1-2)[CH]1C(C)=Cc2cccc(-c3cccc4ccccc34)c21. The molecule has 0 radical (unpaired) electrons. The van der Waals surface area contributed by atoms with Gasteiger partial charge in [-0.2, -0.15) is 0 Å². The average Bonchev–Trinajstić information content (AvgIpc) is 3.64. The zero-order valence-electron chi connectivity index (χ0n) is 32.3. The number of rotatable bonds is 9. The van der Waals surface area contributed by atoms with Crippen LogP contribution in [0.2, 0.25) is 9.45 Å². The second kappa shape index (κ2) is 13.4. The van der Waals surface area contributed by atoms with E-state index in [9.17, 15) is 0 Å². The predicted octanol–water partition coefficient (Wildman–Crippen LogP) is 14.0. The Morgan fingerprint density at radius 1 is 0.660 bits per heavy atom. The van der Waals surface area contributed by atoms with Crippen molar-refractivity contribution in [3.05, 3.63) is 130 Å². The van der Waals surface area contributed by atoms with Gasteiger partial charge in [-0.1, -0.05) is 0 Å². The van der Waals surface area contributed by atoms with Crippen LogP contribution in [0.3, 0.4) is 0 Å². The van der Waals surface area contributed by atoms with E-state index < -0.39 is 16.6 Å². The van der Waals surface area contributed by atoms with Crippen LogP contribution in [0, 0.1) is 0 Å². The molecule has 2 aliphatic carbocycles. The molecule has 5 aromatic rings. The van der Waals surface area contributed by atoms with Crippen LogP contribution in [0.1, 0.15) is 126 Å². The fraction of sp³-hybridized carbons (Fsp3) is 0.388. The Morgan fingerprint density at radius 3 is 2.04 bits per heavy atom. The molecule has 0 bridgehead atoms. The monoisotopic (exact) mass is 694 g/mol. The predicted molar refractivity (Wildman–Crippen MR) is 217 cm³/mol. The van der Waals surface area contributed by atoms with Crippen LogP contribution in [0.4, 0.5) is 0 Å². The molecule has 0 heterocycles. The zero-order valence-corrected chi connectivity index (χ0v) is 33.8. The molecule has 0 fully saturated rings. The van der Waals surface area contributed by atoms with Crippen LogP contribution in [-0.2, 0) is 33.8 Å². The van der Waals surface area contributed by atoms with E-state index in [1.54, 1.807) is 22.3 Å². The Balaban J connectivity index is 1.55. The molecule has 5 aromatic carbocycles. The Hall–Kier alpha value is -3.19. The Morgan fingerprint density at radius 2 is 1.34 bits per heavy atom. The van der Waals surface area contributed by atoms with E-state index in [4.69, 9.17) is 0 Å². The van der Waals surface area contributed by atoms with Gasteiger partial charge in [0, 0.05) is 0 Å². The van der Waals surface area contributed by atoms with Crippen LogP contribution >= 0.6 is 0 Å². The summed E-state index contributed by atoms with van der Waals surface area (Å²) >= 11 is -3.09. The second-order valence-electron chi connectivity index (χ2n) is 17.6. The van der Waals surface area contributed by atoms with E-state index in [0.717, 1.165) is 6.42 Å². The molecule has 2 aliphatic rings. The molecule has 0 nitrogen and oxygen atoms in total. The van der Waals surface area contributed by atoms with Crippen molar-refractivity contribution in [2.24, 2.45) is 0 Å². The van der Waals surface area contributed by atoms with Gasteiger partial charge < -0.3 is 0 Å². The van der Waals surface area contributed by atoms with E-state index >= 15 is 0 Å². The quantitative estimate of drug-likeness (QED) is 0.132. The van der Waals surface area contributed by atoms with Crippen molar-refractivity contribution in [1.29, 1.82) is 0 Å². The summed E-state index contributed by atoms with van der Waals surface area (Å²) in [6.45, 7) is 21.9. The van der Waals surface area contributed by atoms with Gasteiger partial charge in [0.25, 0.3) is 0 Å². The van der Waals surface area contributed by atoms with Crippen molar-refractivity contribution in [2.75, 3.05) is 0 Å². The molecule has 0 amide bonds. The molecule has 0 saturated heterocycles. The van der Waals surface area contributed by atoms with E-state index in [2.05, 4.69) is 159 Å². The van der Waals surface area contributed by atoms with Crippen molar-refractivity contribution in [2.45, 2.75) is 119 Å². The van der Waals surface area contributed by atoms with Gasteiger partial charge >= 0.3 is 308 Å². The Bertz CT molecular complexity index is 2080. The third kappa shape index (κ3) is 5.99. The molecule has 1 atom stereocenters. The maximum absolute atomic E-state index is 3.09. The third-order valence-electron chi connectivity index (χ3n) is 12.1. The number of hydrogen-bond donors (Lipinski definition) is 0. The molecule has 0 N–H and O–H groups in total. The van der Waals surface area contributed by atoms with Crippen LogP contribution in [0.5, 0.6) is 0 Å². The molecule has 0 saturated carbocycles. The molecule has 1 heteroatoms. The number of allylic oxidation sites excluding steroid dienone is 1. The topological polar surface area (TPSA) is 0 Å². The Kier molecular flexibility index (Phi) is 9.45. The minimum atomic E-state index is -3.09. The maximum atomic E-state index is 2.59. The molecule has 50 heavy (non-hydrogen) atoms. The van der Waals surface area contributed by atoms with Crippen LogP contribution in [0.15, 0.2) is 96.6 Å². The molecular weight excluding hydrogens is 636 g/mol. The van der Waals surface area contributed by atoms with Crippen LogP contribution in [0.25, 0.3) is 39.1 Å². The van der Waals surface area contributed by atoms with Crippen molar-refractivity contribution in [3.8, 4) is 22.3 Å². The molecule has 258 valence electrons. The number of hydrogen-bond acceptors (Lipinski definition) is 0. The van der Waals surface area contributed by atoms with Gasteiger partial charge in [-0.05, 0) is 0 Å². The summed E-state index contributed by atoms with van der Waals surface area (Å²) in [5, 5.41) is 2.70. The summed E-state index contributed by atoms with van der Waals surface area (Å²) in [6, 6.07) is 35.7. The van der Waals surface area contributed by atoms with Gasteiger partial charge in [0.05, 0.1) is 0 Å². The van der Waals surface area contributed by atoms with Crippen LogP contribution in [-0.4, -0.2) is 0 Å². The molecule has 0 aliphatic heterocycles. The number of fused-ring (bicyclic) bond motifs is 5. The van der Waals surface area contributed by atoms with Crippen molar-refractivity contribution in [1.82, 2.24) is 0 Å². The third-order valence-corrected chi connectivity index (χ3v) is 21.3. The number of benzene rings is 5. The van der Waals surface area contributed by atoms with Crippen molar-refractivity contribution < 1.29 is 16.6 Å². The normalized spacial score (nSPS) is 15.6. The standard InChI is InChI=1S/C21H25.C20H15.2C4H9.Ti/c1-20(2,3)16-9-10-18-15(12-16)11-14-7-8-17(13-19(14)18)21(4,5)6;1-14-12-16-8-5-11-19(20(16)13-14)18-10-4-7-15-6-2-3-9-17(15)18;2*1-3-4-2;/h7-10,13H,11H2,1-6H3;2-13H,1H3;2*1,3-4H2,2H3;.